The average molecular weight is 317 g/mol. The van der Waals surface area contributed by atoms with Crippen LogP contribution in [-0.4, -0.2) is 25.6 Å². The average Bonchev–Trinajstić information content (AvgIpc) is 2.58. The number of hydrogen-bond donors (Lipinski definition) is 1. The summed E-state index contributed by atoms with van der Waals surface area (Å²) in [5.74, 6) is -1.84. The molecular formula is C17H16FNO4. The molecule has 0 atom stereocenters. The lowest BCUT2D eigenvalue weighted by Gasteiger charge is -2.08. The third-order valence-corrected chi connectivity index (χ3v) is 3.06. The molecule has 0 radical (unpaired) electrons. The summed E-state index contributed by atoms with van der Waals surface area (Å²) in [5.41, 5.74) is 0.676. The van der Waals surface area contributed by atoms with Crippen molar-refractivity contribution in [1.29, 1.82) is 0 Å². The highest BCUT2D eigenvalue weighted by Crippen LogP contribution is 2.16. The van der Waals surface area contributed by atoms with Crippen LogP contribution in [-0.2, 0) is 16.1 Å². The Hall–Kier alpha value is -2.89. The molecule has 2 aromatic rings. The van der Waals surface area contributed by atoms with E-state index in [4.69, 9.17) is 9.47 Å². The topological polar surface area (TPSA) is 64.6 Å². The van der Waals surface area contributed by atoms with E-state index in [-0.39, 0.29) is 5.56 Å². The predicted octanol–water partition coefficient (Wildman–Crippen LogP) is 2.31. The molecule has 0 aliphatic heterocycles. The van der Waals surface area contributed by atoms with Gasteiger partial charge in [0, 0.05) is 12.6 Å². The second-order valence-corrected chi connectivity index (χ2v) is 4.68. The molecule has 0 saturated carbocycles. The molecule has 120 valence electrons. The van der Waals surface area contributed by atoms with Gasteiger partial charge in [0.25, 0.3) is 5.91 Å². The number of rotatable bonds is 6. The smallest absolute Gasteiger partial charge is 0.341 e. The number of carbonyl (C=O) groups excluding carboxylic acids is 2. The van der Waals surface area contributed by atoms with Crippen LogP contribution in [0.3, 0.4) is 0 Å². The van der Waals surface area contributed by atoms with Crippen molar-refractivity contribution in [3.8, 4) is 5.75 Å². The number of methoxy groups -OCH3 is 1. The van der Waals surface area contributed by atoms with E-state index in [1.807, 2.05) is 30.3 Å². The van der Waals surface area contributed by atoms with E-state index in [1.165, 1.54) is 19.2 Å². The van der Waals surface area contributed by atoms with Gasteiger partial charge in [-0.1, -0.05) is 30.3 Å². The minimum atomic E-state index is -0.903. The van der Waals surface area contributed by atoms with Crippen LogP contribution < -0.4 is 10.1 Å². The first-order valence-corrected chi connectivity index (χ1v) is 6.91. The number of hydrogen-bond acceptors (Lipinski definition) is 4. The van der Waals surface area contributed by atoms with Gasteiger partial charge < -0.3 is 14.8 Å². The Morgan fingerprint density at radius 2 is 1.87 bits per heavy atom. The molecule has 1 amide bonds. The number of benzene rings is 2. The van der Waals surface area contributed by atoms with Crippen molar-refractivity contribution in [2.45, 2.75) is 6.54 Å². The standard InChI is InChI=1S/C17H16FNO4/c1-22-13-7-8-14(15(18)9-13)17(21)23-11-16(20)19-10-12-5-3-2-4-6-12/h2-9H,10-11H2,1H3,(H,19,20). The van der Waals surface area contributed by atoms with Gasteiger partial charge in [0.15, 0.2) is 6.61 Å². The Kier molecular flexibility index (Phi) is 5.68. The summed E-state index contributed by atoms with van der Waals surface area (Å²) < 4.78 is 23.3. The van der Waals surface area contributed by atoms with Crippen molar-refractivity contribution in [2.75, 3.05) is 13.7 Å². The number of nitrogens with one attached hydrogen (secondary N) is 1. The van der Waals surface area contributed by atoms with E-state index >= 15 is 0 Å². The summed E-state index contributed by atoms with van der Waals surface area (Å²) in [6, 6.07) is 13.1. The predicted molar refractivity (Wildman–Crippen MR) is 81.5 cm³/mol. The maximum atomic E-state index is 13.7. The molecular weight excluding hydrogens is 301 g/mol. The molecule has 0 fully saturated rings. The van der Waals surface area contributed by atoms with Crippen LogP contribution in [0.1, 0.15) is 15.9 Å². The molecule has 0 aromatic heterocycles. The fourth-order valence-corrected chi connectivity index (χ4v) is 1.84. The van der Waals surface area contributed by atoms with Crippen LogP contribution in [0.5, 0.6) is 5.75 Å². The zero-order valence-corrected chi connectivity index (χ0v) is 12.5. The first-order valence-electron chi connectivity index (χ1n) is 6.91. The van der Waals surface area contributed by atoms with Crippen molar-refractivity contribution in [3.05, 3.63) is 65.5 Å². The molecule has 5 nitrogen and oxygen atoms in total. The molecule has 0 heterocycles. The van der Waals surface area contributed by atoms with Crippen molar-refractivity contribution in [3.63, 3.8) is 0 Å². The van der Waals surface area contributed by atoms with Crippen molar-refractivity contribution < 1.29 is 23.5 Å². The summed E-state index contributed by atoms with van der Waals surface area (Å²) in [6.07, 6.45) is 0. The van der Waals surface area contributed by atoms with Crippen molar-refractivity contribution in [2.24, 2.45) is 0 Å². The molecule has 6 heteroatoms. The highest BCUT2D eigenvalue weighted by molar-refractivity contribution is 5.91. The van der Waals surface area contributed by atoms with Gasteiger partial charge in [-0.25, -0.2) is 9.18 Å². The summed E-state index contributed by atoms with van der Waals surface area (Å²) in [6.45, 7) is -0.148. The van der Waals surface area contributed by atoms with Gasteiger partial charge in [0.2, 0.25) is 0 Å². The van der Waals surface area contributed by atoms with Crippen LogP contribution in [0.25, 0.3) is 0 Å². The molecule has 0 unspecified atom stereocenters. The summed E-state index contributed by atoms with van der Waals surface area (Å²) in [7, 11) is 1.39. The molecule has 2 rings (SSSR count). The Morgan fingerprint density at radius 3 is 2.52 bits per heavy atom. The normalized spacial score (nSPS) is 10.0. The minimum absolute atomic E-state index is 0.248. The summed E-state index contributed by atoms with van der Waals surface area (Å²) in [5, 5.41) is 2.61. The maximum absolute atomic E-state index is 13.7. The first-order chi connectivity index (χ1) is 11.1. The summed E-state index contributed by atoms with van der Waals surface area (Å²) >= 11 is 0. The minimum Gasteiger partial charge on any atom is -0.497 e. The molecule has 2 aromatic carbocycles. The van der Waals surface area contributed by atoms with Crippen LogP contribution in [0.2, 0.25) is 0 Å². The molecule has 0 aliphatic rings. The molecule has 23 heavy (non-hydrogen) atoms. The van der Waals surface area contributed by atoms with E-state index in [0.29, 0.717) is 12.3 Å². The number of amides is 1. The second-order valence-electron chi connectivity index (χ2n) is 4.68. The van der Waals surface area contributed by atoms with Gasteiger partial charge in [-0.3, -0.25) is 4.79 Å². The lowest BCUT2D eigenvalue weighted by atomic mass is 10.2. The quantitative estimate of drug-likeness (QED) is 0.830. The van der Waals surface area contributed by atoms with Gasteiger partial charge in [-0.2, -0.15) is 0 Å². The van der Waals surface area contributed by atoms with Gasteiger partial charge in [-0.15, -0.1) is 0 Å². The van der Waals surface area contributed by atoms with Crippen molar-refractivity contribution >= 4 is 11.9 Å². The van der Waals surface area contributed by atoms with Gasteiger partial charge in [0.05, 0.1) is 12.7 Å². The molecule has 0 saturated heterocycles. The fraction of sp³-hybridized carbons (Fsp3) is 0.176. The third-order valence-electron chi connectivity index (χ3n) is 3.06. The Labute approximate surface area is 133 Å². The first kappa shape index (κ1) is 16.5. The van der Waals surface area contributed by atoms with E-state index in [2.05, 4.69) is 5.32 Å². The van der Waals surface area contributed by atoms with E-state index in [1.54, 1.807) is 0 Å². The second kappa shape index (κ2) is 7.93. The van der Waals surface area contributed by atoms with E-state index in [0.717, 1.165) is 11.6 Å². The Morgan fingerprint density at radius 1 is 1.13 bits per heavy atom. The fourth-order valence-electron chi connectivity index (χ4n) is 1.84. The largest absolute Gasteiger partial charge is 0.497 e. The van der Waals surface area contributed by atoms with Gasteiger partial charge >= 0.3 is 5.97 Å². The maximum Gasteiger partial charge on any atom is 0.341 e. The Bertz CT molecular complexity index is 688. The van der Waals surface area contributed by atoms with Gasteiger partial charge in [0.1, 0.15) is 11.6 Å². The number of halogens is 1. The molecule has 1 N–H and O–H groups in total. The van der Waals surface area contributed by atoms with E-state index < -0.39 is 24.3 Å². The number of carbonyl (C=O) groups is 2. The van der Waals surface area contributed by atoms with Crippen LogP contribution in [0, 0.1) is 5.82 Å². The highest BCUT2D eigenvalue weighted by atomic mass is 19.1. The molecule has 0 bridgehead atoms. The summed E-state index contributed by atoms with van der Waals surface area (Å²) in [4.78, 5) is 23.4. The number of esters is 1. The lowest BCUT2D eigenvalue weighted by molar-refractivity contribution is -0.124. The highest BCUT2D eigenvalue weighted by Gasteiger charge is 2.15. The van der Waals surface area contributed by atoms with Gasteiger partial charge in [-0.05, 0) is 17.7 Å². The SMILES string of the molecule is COc1ccc(C(=O)OCC(=O)NCc2ccccc2)c(F)c1. The van der Waals surface area contributed by atoms with Crippen molar-refractivity contribution in [1.82, 2.24) is 5.32 Å². The monoisotopic (exact) mass is 317 g/mol. The zero-order chi connectivity index (χ0) is 16.7. The van der Waals surface area contributed by atoms with E-state index in [9.17, 15) is 14.0 Å². The molecule has 0 spiro atoms. The molecule has 0 aliphatic carbocycles. The van der Waals surface area contributed by atoms with Crippen LogP contribution >= 0.6 is 0 Å². The third kappa shape index (κ3) is 4.81. The zero-order valence-electron chi connectivity index (χ0n) is 12.5. The van der Waals surface area contributed by atoms with Crippen LogP contribution in [0.4, 0.5) is 4.39 Å². The lowest BCUT2D eigenvalue weighted by Crippen LogP contribution is -2.28. The Balaban J connectivity index is 1.83. The number of ether oxygens (including phenoxy) is 2. The van der Waals surface area contributed by atoms with Crippen LogP contribution in [0.15, 0.2) is 48.5 Å².